The molecule has 0 aromatic carbocycles. The molecular weight excluding hydrogens is 236 g/mol. The van der Waals surface area contributed by atoms with Gasteiger partial charge in [-0.15, -0.1) is 12.4 Å². The predicted molar refractivity (Wildman–Crippen MR) is 72.5 cm³/mol. The fraction of sp³-hybridized carbons (Fsp3) is 0.750. The second-order valence-electron chi connectivity index (χ2n) is 5.04. The van der Waals surface area contributed by atoms with E-state index in [4.69, 9.17) is 0 Å². The molecule has 1 saturated heterocycles. The molecule has 0 bridgehead atoms. The monoisotopic (exact) mass is 258 g/mol. The Morgan fingerprint density at radius 1 is 1.35 bits per heavy atom. The summed E-state index contributed by atoms with van der Waals surface area (Å²) in [5.41, 5.74) is 2.63. The minimum Gasteiger partial charge on any atom is -0.309 e. The minimum absolute atomic E-state index is 0. The summed E-state index contributed by atoms with van der Waals surface area (Å²) >= 11 is 0. The van der Waals surface area contributed by atoms with E-state index in [1.165, 1.54) is 11.3 Å². The van der Waals surface area contributed by atoms with Crippen molar-refractivity contribution >= 4 is 12.4 Å². The molecule has 2 rings (SSSR count). The van der Waals surface area contributed by atoms with Crippen LogP contribution in [-0.2, 0) is 13.6 Å². The maximum Gasteiger partial charge on any atom is 0.0537 e. The van der Waals surface area contributed by atoms with Gasteiger partial charge in [-0.05, 0) is 20.8 Å². The van der Waals surface area contributed by atoms with Crippen molar-refractivity contribution in [3.8, 4) is 0 Å². The van der Waals surface area contributed by atoms with Crippen LogP contribution in [0.1, 0.15) is 25.1 Å². The highest BCUT2D eigenvalue weighted by Gasteiger charge is 2.21. The first-order chi connectivity index (χ1) is 7.56. The highest BCUT2D eigenvalue weighted by Crippen LogP contribution is 2.12. The molecule has 98 valence electrons. The fourth-order valence-electron chi connectivity index (χ4n) is 2.51. The summed E-state index contributed by atoms with van der Waals surface area (Å²) in [6, 6.07) is 1.17. The van der Waals surface area contributed by atoms with E-state index < -0.39 is 0 Å². The van der Waals surface area contributed by atoms with Crippen LogP contribution in [0.5, 0.6) is 0 Å². The molecule has 5 heteroatoms. The molecule has 1 aliphatic rings. The van der Waals surface area contributed by atoms with Crippen molar-refractivity contribution in [3.05, 3.63) is 17.5 Å². The van der Waals surface area contributed by atoms with Gasteiger partial charge in [-0.3, -0.25) is 9.58 Å². The second kappa shape index (κ2) is 5.85. The van der Waals surface area contributed by atoms with Crippen molar-refractivity contribution in [2.45, 2.75) is 39.4 Å². The lowest BCUT2D eigenvalue weighted by Gasteiger charge is -2.36. The van der Waals surface area contributed by atoms with Crippen LogP contribution < -0.4 is 5.32 Å². The van der Waals surface area contributed by atoms with Gasteiger partial charge < -0.3 is 5.32 Å². The molecular formula is C12H23ClN4. The summed E-state index contributed by atoms with van der Waals surface area (Å²) in [6.07, 6.45) is 1.99. The Balaban J connectivity index is 0.00000144. The lowest BCUT2D eigenvalue weighted by atomic mass is 10.1. The van der Waals surface area contributed by atoms with Gasteiger partial charge in [0.2, 0.25) is 0 Å². The summed E-state index contributed by atoms with van der Waals surface area (Å²) in [7, 11) is 2.00. The van der Waals surface area contributed by atoms with E-state index >= 15 is 0 Å². The zero-order valence-electron chi connectivity index (χ0n) is 11.1. The molecule has 2 unspecified atom stereocenters. The molecule has 1 aromatic rings. The van der Waals surface area contributed by atoms with Gasteiger partial charge in [0.15, 0.2) is 0 Å². The van der Waals surface area contributed by atoms with Gasteiger partial charge in [0.25, 0.3) is 0 Å². The molecule has 0 amide bonds. The standard InChI is InChI=1S/C12H22N4.ClH/c1-9-6-16(7-10(2)14-9)8-12-5-13-15(4)11(12)3;/h5,9-10,14H,6-8H2,1-4H3;1H. The van der Waals surface area contributed by atoms with E-state index in [9.17, 15) is 0 Å². The number of nitrogens with zero attached hydrogens (tertiary/aromatic N) is 3. The van der Waals surface area contributed by atoms with E-state index in [0.29, 0.717) is 12.1 Å². The molecule has 0 saturated carbocycles. The third-order valence-corrected chi connectivity index (χ3v) is 3.36. The molecule has 1 fully saturated rings. The highest BCUT2D eigenvalue weighted by atomic mass is 35.5. The Bertz CT molecular complexity index is 353. The Morgan fingerprint density at radius 3 is 2.41 bits per heavy atom. The van der Waals surface area contributed by atoms with Gasteiger partial charge in [-0.25, -0.2) is 0 Å². The number of aryl methyl sites for hydroxylation is 1. The van der Waals surface area contributed by atoms with Gasteiger partial charge in [0.05, 0.1) is 6.20 Å². The molecule has 17 heavy (non-hydrogen) atoms. The van der Waals surface area contributed by atoms with Crippen LogP contribution in [0, 0.1) is 6.92 Å². The van der Waals surface area contributed by atoms with Crippen LogP contribution in [0.15, 0.2) is 6.20 Å². The largest absolute Gasteiger partial charge is 0.309 e. The Kier molecular flexibility index (Phi) is 4.98. The number of nitrogens with one attached hydrogen (secondary N) is 1. The Morgan fingerprint density at radius 2 is 1.94 bits per heavy atom. The third-order valence-electron chi connectivity index (χ3n) is 3.36. The molecule has 1 aliphatic heterocycles. The average molecular weight is 259 g/mol. The first-order valence-corrected chi connectivity index (χ1v) is 6.02. The van der Waals surface area contributed by atoms with E-state index in [0.717, 1.165) is 19.6 Å². The summed E-state index contributed by atoms with van der Waals surface area (Å²) in [4.78, 5) is 2.51. The van der Waals surface area contributed by atoms with E-state index in [1.807, 2.05) is 17.9 Å². The van der Waals surface area contributed by atoms with Crippen molar-refractivity contribution in [1.82, 2.24) is 20.0 Å². The lowest BCUT2D eigenvalue weighted by Crippen LogP contribution is -2.53. The van der Waals surface area contributed by atoms with Crippen molar-refractivity contribution in [2.24, 2.45) is 7.05 Å². The number of aromatic nitrogens is 2. The Hall–Kier alpha value is -0.580. The zero-order chi connectivity index (χ0) is 11.7. The van der Waals surface area contributed by atoms with Gasteiger partial charge >= 0.3 is 0 Å². The lowest BCUT2D eigenvalue weighted by molar-refractivity contribution is 0.166. The summed E-state index contributed by atoms with van der Waals surface area (Å²) in [6.45, 7) is 9.91. The molecule has 1 N–H and O–H groups in total. The van der Waals surface area contributed by atoms with Crippen molar-refractivity contribution in [3.63, 3.8) is 0 Å². The maximum atomic E-state index is 4.29. The van der Waals surface area contributed by atoms with Crippen LogP contribution in [0.3, 0.4) is 0 Å². The number of hydrogen-bond donors (Lipinski definition) is 1. The zero-order valence-corrected chi connectivity index (χ0v) is 11.9. The molecule has 0 radical (unpaired) electrons. The van der Waals surface area contributed by atoms with Crippen LogP contribution in [-0.4, -0.2) is 39.9 Å². The second-order valence-corrected chi connectivity index (χ2v) is 5.04. The van der Waals surface area contributed by atoms with Crippen LogP contribution in [0.4, 0.5) is 0 Å². The number of piperazine rings is 1. The van der Waals surface area contributed by atoms with E-state index in [1.54, 1.807) is 0 Å². The molecule has 4 nitrogen and oxygen atoms in total. The average Bonchev–Trinajstić information content (AvgIpc) is 2.48. The molecule has 2 heterocycles. The van der Waals surface area contributed by atoms with Gasteiger partial charge in [-0.1, -0.05) is 0 Å². The number of rotatable bonds is 2. The normalized spacial score (nSPS) is 25.6. The van der Waals surface area contributed by atoms with Gasteiger partial charge in [-0.2, -0.15) is 5.10 Å². The molecule has 1 aromatic heterocycles. The fourth-order valence-corrected chi connectivity index (χ4v) is 2.51. The number of halogens is 1. The smallest absolute Gasteiger partial charge is 0.0537 e. The SMILES string of the molecule is Cc1c(CN2CC(C)NC(C)C2)cnn1C.Cl. The summed E-state index contributed by atoms with van der Waals surface area (Å²) in [5, 5.41) is 7.85. The topological polar surface area (TPSA) is 33.1 Å². The molecule has 0 aliphatic carbocycles. The first kappa shape index (κ1) is 14.5. The summed E-state index contributed by atoms with van der Waals surface area (Å²) in [5.74, 6) is 0. The van der Waals surface area contributed by atoms with Crippen molar-refractivity contribution < 1.29 is 0 Å². The first-order valence-electron chi connectivity index (χ1n) is 6.02. The van der Waals surface area contributed by atoms with Crippen molar-refractivity contribution in [1.29, 1.82) is 0 Å². The highest BCUT2D eigenvalue weighted by molar-refractivity contribution is 5.85. The maximum absolute atomic E-state index is 4.29. The van der Waals surface area contributed by atoms with Crippen LogP contribution in [0.2, 0.25) is 0 Å². The van der Waals surface area contributed by atoms with Gasteiger partial charge in [0, 0.05) is 50.0 Å². The number of hydrogen-bond acceptors (Lipinski definition) is 3. The third kappa shape index (κ3) is 3.44. The predicted octanol–water partition coefficient (Wildman–Crippen LogP) is 1.33. The molecule has 2 atom stereocenters. The molecule has 0 spiro atoms. The summed E-state index contributed by atoms with van der Waals surface area (Å²) < 4.78 is 1.95. The van der Waals surface area contributed by atoms with E-state index in [2.05, 4.69) is 36.1 Å². The van der Waals surface area contributed by atoms with Crippen LogP contribution in [0.25, 0.3) is 0 Å². The van der Waals surface area contributed by atoms with Crippen molar-refractivity contribution in [2.75, 3.05) is 13.1 Å². The van der Waals surface area contributed by atoms with E-state index in [-0.39, 0.29) is 12.4 Å². The Labute approximate surface area is 110 Å². The van der Waals surface area contributed by atoms with Gasteiger partial charge in [0.1, 0.15) is 0 Å². The van der Waals surface area contributed by atoms with Crippen LogP contribution >= 0.6 is 12.4 Å². The minimum atomic E-state index is 0. The quantitative estimate of drug-likeness (QED) is 0.869.